The third-order valence-corrected chi connectivity index (χ3v) is 4.22. The van der Waals surface area contributed by atoms with Crippen molar-refractivity contribution < 1.29 is 4.92 Å². The molecular weight excluding hydrogens is 284 g/mol. The number of hydrogen-bond acceptors (Lipinski definition) is 4. The number of nitrogens with zero attached hydrogens (tertiary/aromatic N) is 1. The molecule has 0 aromatic heterocycles. The van der Waals surface area contributed by atoms with Crippen molar-refractivity contribution in [1.29, 1.82) is 0 Å². The molecule has 0 fully saturated rings. The minimum absolute atomic E-state index is 0.0256. The van der Waals surface area contributed by atoms with Crippen molar-refractivity contribution in [3.63, 3.8) is 0 Å². The topological polar surface area (TPSA) is 69.2 Å². The molecule has 0 unspecified atom stereocenters. The standard InChI is InChI=1S/C16H18N2O2S/c1-16(2,3)11-7-9-12(10-8-11)21-14-6-4-5-13(17)15(14)18(19)20/h4-10H,17H2,1-3H3. The molecule has 2 rings (SSSR count). The predicted molar refractivity (Wildman–Crippen MR) is 86.8 cm³/mol. The summed E-state index contributed by atoms with van der Waals surface area (Å²) in [6, 6.07) is 13.1. The minimum Gasteiger partial charge on any atom is -0.393 e. The first kappa shape index (κ1) is 15.4. The number of nitro groups is 1. The highest BCUT2D eigenvalue weighted by atomic mass is 32.2. The number of para-hydroxylation sites is 1. The summed E-state index contributed by atoms with van der Waals surface area (Å²) in [4.78, 5) is 12.2. The van der Waals surface area contributed by atoms with E-state index in [0.29, 0.717) is 4.90 Å². The molecule has 4 nitrogen and oxygen atoms in total. The summed E-state index contributed by atoms with van der Waals surface area (Å²) in [5.74, 6) is 0. The van der Waals surface area contributed by atoms with Crippen LogP contribution in [0.4, 0.5) is 11.4 Å². The van der Waals surface area contributed by atoms with Gasteiger partial charge >= 0.3 is 5.69 Å². The molecule has 0 amide bonds. The van der Waals surface area contributed by atoms with Gasteiger partial charge in [0.1, 0.15) is 5.69 Å². The highest BCUT2D eigenvalue weighted by Gasteiger charge is 2.19. The third-order valence-electron chi connectivity index (χ3n) is 3.16. The van der Waals surface area contributed by atoms with E-state index >= 15 is 0 Å². The van der Waals surface area contributed by atoms with Gasteiger partial charge in [-0.1, -0.05) is 50.7 Å². The molecule has 0 heterocycles. The molecule has 2 N–H and O–H groups in total. The lowest BCUT2D eigenvalue weighted by atomic mass is 9.87. The second-order valence-corrected chi connectivity index (χ2v) is 6.94. The van der Waals surface area contributed by atoms with Crippen molar-refractivity contribution in [3.8, 4) is 0 Å². The van der Waals surface area contributed by atoms with Crippen molar-refractivity contribution in [2.24, 2.45) is 0 Å². The Morgan fingerprint density at radius 2 is 1.71 bits per heavy atom. The van der Waals surface area contributed by atoms with Crippen LogP contribution in [-0.4, -0.2) is 4.92 Å². The fourth-order valence-corrected chi connectivity index (χ4v) is 2.93. The van der Waals surface area contributed by atoms with Gasteiger partial charge in [0, 0.05) is 4.90 Å². The first-order chi connectivity index (χ1) is 9.79. The van der Waals surface area contributed by atoms with Gasteiger partial charge in [-0.3, -0.25) is 10.1 Å². The zero-order valence-electron chi connectivity index (χ0n) is 12.3. The molecule has 2 aromatic rings. The van der Waals surface area contributed by atoms with Crippen LogP contribution in [0.2, 0.25) is 0 Å². The second-order valence-electron chi connectivity index (χ2n) is 5.83. The summed E-state index contributed by atoms with van der Waals surface area (Å²) >= 11 is 1.35. The normalized spacial score (nSPS) is 11.4. The number of benzene rings is 2. The summed E-state index contributed by atoms with van der Waals surface area (Å²) in [6.07, 6.45) is 0. The monoisotopic (exact) mass is 302 g/mol. The Kier molecular flexibility index (Phi) is 4.23. The molecule has 0 saturated carbocycles. The van der Waals surface area contributed by atoms with Crippen molar-refractivity contribution in [2.45, 2.75) is 36.0 Å². The number of nitrogens with two attached hydrogens (primary N) is 1. The van der Waals surface area contributed by atoms with Gasteiger partial charge in [-0.05, 0) is 35.2 Å². The van der Waals surface area contributed by atoms with Crippen LogP contribution in [0.1, 0.15) is 26.3 Å². The Bertz CT molecular complexity index is 661. The molecule has 0 aliphatic heterocycles. The number of hydrogen-bond donors (Lipinski definition) is 1. The van der Waals surface area contributed by atoms with E-state index in [4.69, 9.17) is 5.73 Å². The predicted octanol–water partition coefficient (Wildman–Crippen LogP) is 4.63. The molecule has 110 valence electrons. The summed E-state index contributed by atoms with van der Waals surface area (Å²) in [6.45, 7) is 6.45. The Morgan fingerprint density at radius 3 is 2.24 bits per heavy atom. The van der Waals surface area contributed by atoms with Gasteiger partial charge in [-0.2, -0.15) is 0 Å². The first-order valence-electron chi connectivity index (χ1n) is 6.60. The van der Waals surface area contributed by atoms with Crippen LogP contribution in [0.3, 0.4) is 0 Å². The van der Waals surface area contributed by atoms with E-state index in [-0.39, 0.29) is 16.8 Å². The average Bonchev–Trinajstić information content (AvgIpc) is 2.38. The third kappa shape index (κ3) is 3.55. The van der Waals surface area contributed by atoms with Crippen LogP contribution in [0.5, 0.6) is 0 Å². The molecule has 0 atom stereocenters. The lowest BCUT2D eigenvalue weighted by Crippen LogP contribution is -2.10. The van der Waals surface area contributed by atoms with Crippen molar-refractivity contribution >= 4 is 23.1 Å². The highest BCUT2D eigenvalue weighted by Crippen LogP contribution is 2.38. The molecule has 0 aliphatic carbocycles. The highest BCUT2D eigenvalue weighted by molar-refractivity contribution is 7.99. The van der Waals surface area contributed by atoms with Crippen LogP contribution in [0.25, 0.3) is 0 Å². The molecule has 5 heteroatoms. The Balaban J connectivity index is 2.31. The maximum absolute atomic E-state index is 11.1. The van der Waals surface area contributed by atoms with E-state index in [2.05, 4.69) is 32.9 Å². The van der Waals surface area contributed by atoms with E-state index in [1.165, 1.54) is 17.3 Å². The van der Waals surface area contributed by atoms with Gasteiger partial charge in [0.25, 0.3) is 0 Å². The van der Waals surface area contributed by atoms with E-state index in [1.54, 1.807) is 18.2 Å². The molecule has 0 spiro atoms. The van der Waals surface area contributed by atoms with Crippen molar-refractivity contribution in [1.82, 2.24) is 0 Å². The van der Waals surface area contributed by atoms with Gasteiger partial charge < -0.3 is 5.73 Å². The van der Waals surface area contributed by atoms with Crippen LogP contribution < -0.4 is 5.73 Å². The van der Waals surface area contributed by atoms with Gasteiger partial charge in [0.2, 0.25) is 0 Å². The Labute approximate surface area is 128 Å². The fraction of sp³-hybridized carbons (Fsp3) is 0.250. The summed E-state index contributed by atoms with van der Waals surface area (Å²) < 4.78 is 0. The number of nitro benzene ring substituents is 1. The first-order valence-corrected chi connectivity index (χ1v) is 7.42. The maximum atomic E-state index is 11.1. The minimum atomic E-state index is -0.429. The van der Waals surface area contributed by atoms with E-state index < -0.39 is 4.92 Å². The Morgan fingerprint density at radius 1 is 1.10 bits per heavy atom. The number of nitrogen functional groups attached to an aromatic ring is 1. The SMILES string of the molecule is CC(C)(C)c1ccc(Sc2cccc(N)c2[N+](=O)[O-])cc1. The number of rotatable bonds is 3. The Hall–Kier alpha value is -2.01. The molecule has 0 saturated heterocycles. The van der Waals surface area contributed by atoms with Gasteiger partial charge in [0.05, 0.1) is 9.82 Å². The lowest BCUT2D eigenvalue weighted by Gasteiger charge is -2.19. The van der Waals surface area contributed by atoms with Gasteiger partial charge in [-0.15, -0.1) is 0 Å². The van der Waals surface area contributed by atoms with Crippen molar-refractivity contribution in [3.05, 3.63) is 58.1 Å². The van der Waals surface area contributed by atoms with E-state index in [0.717, 1.165) is 4.90 Å². The van der Waals surface area contributed by atoms with Crippen LogP contribution in [0.15, 0.2) is 52.3 Å². The molecule has 0 bridgehead atoms. The van der Waals surface area contributed by atoms with E-state index in [9.17, 15) is 10.1 Å². The van der Waals surface area contributed by atoms with Crippen LogP contribution >= 0.6 is 11.8 Å². The van der Waals surface area contributed by atoms with Crippen molar-refractivity contribution in [2.75, 3.05) is 5.73 Å². The van der Waals surface area contributed by atoms with Crippen LogP contribution in [-0.2, 0) is 5.41 Å². The lowest BCUT2D eigenvalue weighted by molar-refractivity contribution is -0.386. The molecule has 2 aromatic carbocycles. The number of anilines is 1. The fourth-order valence-electron chi connectivity index (χ4n) is 1.97. The molecular formula is C16H18N2O2S. The largest absolute Gasteiger partial charge is 0.393 e. The smallest absolute Gasteiger partial charge is 0.305 e. The quantitative estimate of drug-likeness (QED) is 0.510. The van der Waals surface area contributed by atoms with E-state index in [1.807, 2.05) is 12.1 Å². The average molecular weight is 302 g/mol. The van der Waals surface area contributed by atoms with Crippen LogP contribution in [0, 0.1) is 10.1 Å². The molecule has 0 radical (unpaired) electrons. The zero-order valence-corrected chi connectivity index (χ0v) is 13.1. The zero-order chi connectivity index (χ0) is 15.6. The van der Waals surface area contributed by atoms with Gasteiger partial charge in [-0.25, -0.2) is 0 Å². The second kappa shape index (κ2) is 5.77. The molecule has 0 aliphatic rings. The maximum Gasteiger partial charge on any atom is 0.305 e. The summed E-state index contributed by atoms with van der Waals surface area (Å²) in [5, 5.41) is 11.1. The van der Waals surface area contributed by atoms with Gasteiger partial charge in [0.15, 0.2) is 0 Å². The summed E-state index contributed by atoms with van der Waals surface area (Å²) in [5.41, 5.74) is 7.19. The summed E-state index contributed by atoms with van der Waals surface area (Å²) in [7, 11) is 0. The molecule has 21 heavy (non-hydrogen) atoms.